The van der Waals surface area contributed by atoms with Crippen LogP contribution < -0.4 is 10.6 Å². The van der Waals surface area contributed by atoms with E-state index in [-0.39, 0.29) is 12.5 Å². The lowest BCUT2D eigenvalue weighted by molar-refractivity contribution is -0.116. The number of nitrogens with zero attached hydrogens (tertiary/aromatic N) is 3. The molecule has 1 aliphatic rings. The van der Waals surface area contributed by atoms with E-state index in [1.165, 1.54) is 12.8 Å². The van der Waals surface area contributed by atoms with E-state index in [1.54, 1.807) is 4.68 Å². The van der Waals surface area contributed by atoms with Crippen molar-refractivity contribution in [3.63, 3.8) is 0 Å². The van der Waals surface area contributed by atoms with Gasteiger partial charge in [0.05, 0.1) is 11.9 Å². The van der Waals surface area contributed by atoms with Crippen LogP contribution >= 0.6 is 22.6 Å². The van der Waals surface area contributed by atoms with Crippen LogP contribution in [0, 0.1) is 3.57 Å². The maximum Gasteiger partial charge on any atom is 0.246 e. The number of rotatable bonds is 6. The van der Waals surface area contributed by atoms with E-state index in [9.17, 15) is 4.79 Å². The van der Waals surface area contributed by atoms with Gasteiger partial charge in [0.2, 0.25) is 5.91 Å². The molecule has 2 aromatic rings. The number of aromatic nitrogens is 3. The fourth-order valence-electron chi connectivity index (χ4n) is 1.95. The van der Waals surface area contributed by atoms with Crippen molar-refractivity contribution in [1.29, 1.82) is 0 Å². The smallest absolute Gasteiger partial charge is 0.246 e. The van der Waals surface area contributed by atoms with Crippen LogP contribution in [0.1, 0.15) is 18.5 Å². The van der Waals surface area contributed by atoms with Gasteiger partial charge in [0.15, 0.2) is 0 Å². The first-order valence-corrected chi connectivity index (χ1v) is 7.95. The summed E-state index contributed by atoms with van der Waals surface area (Å²) in [5, 5.41) is 14.3. The van der Waals surface area contributed by atoms with E-state index in [1.807, 2.05) is 30.5 Å². The van der Waals surface area contributed by atoms with Gasteiger partial charge in [0.25, 0.3) is 0 Å². The molecule has 0 radical (unpaired) electrons. The van der Waals surface area contributed by atoms with E-state index in [0.29, 0.717) is 12.6 Å². The van der Waals surface area contributed by atoms with Crippen LogP contribution in [0.15, 0.2) is 30.5 Å². The minimum absolute atomic E-state index is 0.108. The second-order valence-electron chi connectivity index (χ2n) is 5.12. The zero-order valence-electron chi connectivity index (χ0n) is 11.4. The summed E-state index contributed by atoms with van der Waals surface area (Å²) in [5.74, 6) is -0.108. The molecule has 1 amide bonds. The third-order valence-electron chi connectivity index (χ3n) is 3.15. The normalized spacial score (nSPS) is 14.1. The number of hydrogen-bond acceptors (Lipinski definition) is 4. The van der Waals surface area contributed by atoms with Crippen LogP contribution in [0.2, 0.25) is 0 Å². The minimum Gasteiger partial charge on any atom is -0.324 e. The average molecular weight is 397 g/mol. The second kappa shape index (κ2) is 6.52. The van der Waals surface area contributed by atoms with Crippen molar-refractivity contribution in [1.82, 2.24) is 20.3 Å². The Morgan fingerprint density at radius 2 is 2.29 bits per heavy atom. The fourth-order valence-corrected chi connectivity index (χ4v) is 2.49. The SMILES string of the molecule is O=C(Cn1cc(CNC2CC2)nn1)Nc1cccc(I)c1. The Bertz CT molecular complexity index is 638. The molecule has 2 N–H and O–H groups in total. The standard InChI is InChI=1S/C14H16IN5O/c15-10-2-1-3-12(6-10)17-14(21)9-20-8-13(18-19-20)7-16-11-4-5-11/h1-3,6,8,11,16H,4-5,7,9H2,(H,17,21). The topological polar surface area (TPSA) is 71.8 Å². The molecule has 1 aromatic heterocycles. The summed E-state index contributed by atoms with van der Waals surface area (Å²) < 4.78 is 2.65. The molecule has 1 aromatic carbocycles. The number of nitrogens with one attached hydrogen (secondary N) is 2. The summed E-state index contributed by atoms with van der Waals surface area (Å²) in [4.78, 5) is 12.0. The van der Waals surface area contributed by atoms with Gasteiger partial charge in [0.1, 0.15) is 6.54 Å². The first-order valence-electron chi connectivity index (χ1n) is 6.87. The van der Waals surface area contributed by atoms with Crippen LogP contribution in [-0.2, 0) is 17.9 Å². The molecule has 6 nitrogen and oxygen atoms in total. The van der Waals surface area contributed by atoms with E-state index < -0.39 is 0 Å². The molecule has 0 unspecified atom stereocenters. The van der Waals surface area contributed by atoms with Crippen molar-refractivity contribution in [2.45, 2.75) is 32.0 Å². The van der Waals surface area contributed by atoms with Crippen LogP contribution in [0.5, 0.6) is 0 Å². The number of carbonyl (C=O) groups is 1. The van der Waals surface area contributed by atoms with Crippen molar-refractivity contribution >= 4 is 34.2 Å². The largest absolute Gasteiger partial charge is 0.324 e. The van der Waals surface area contributed by atoms with E-state index in [2.05, 4.69) is 43.5 Å². The van der Waals surface area contributed by atoms with Gasteiger partial charge < -0.3 is 10.6 Å². The predicted octanol–water partition coefficient (Wildman–Crippen LogP) is 1.77. The molecule has 3 rings (SSSR count). The summed E-state index contributed by atoms with van der Waals surface area (Å²) in [6, 6.07) is 8.32. The van der Waals surface area contributed by atoms with E-state index in [0.717, 1.165) is 15.0 Å². The minimum atomic E-state index is -0.108. The van der Waals surface area contributed by atoms with Gasteiger partial charge in [-0.25, -0.2) is 4.68 Å². The number of halogens is 1. The molecule has 0 bridgehead atoms. The Morgan fingerprint density at radius 1 is 1.43 bits per heavy atom. The van der Waals surface area contributed by atoms with Crippen molar-refractivity contribution < 1.29 is 4.79 Å². The van der Waals surface area contributed by atoms with Crippen molar-refractivity contribution in [2.24, 2.45) is 0 Å². The lowest BCUT2D eigenvalue weighted by Crippen LogP contribution is -2.19. The van der Waals surface area contributed by atoms with Crippen LogP contribution in [0.3, 0.4) is 0 Å². The van der Waals surface area contributed by atoms with Gasteiger partial charge in [-0.15, -0.1) is 5.10 Å². The highest BCUT2D eigenvalue weighted by molar-refractivity contribution is 14.1. The van der Waals surface area contributed by atoms with Gasteiger partial charge in [-0.3, -0.25) is 4.79 Å². The Labute approximate surface area is 136 Å². The first kappa shape index (κ1) is 14.5. The monoisotopic (exact) mass is 397 g/mol. The quantitative estimate of drug-likeness (QED) is 0.730. The van der Waals surface area contributed by atoms with Crippen LogP contribution in [0.4, 0.5) is 5.69 Å². The average Bonchev–Trinajstić information content (AvgIpc) is 3.17. The molecular weight excluding hydrogens is 381 g/mol. The van der Waals surface area contributed by atoms with Crippen molar-refractivity contribution in [3.05, 3.63) is 39.7 Å². The van der Waals surface area contributed by atoms with E-state index in [4.69, 9.17) is 0 Å². The molecule has 0 saturated heterocycles. The van der Waals surface area contributed by atoms with Gasteiger partial charge in [-0.05, 0) is 53.6 Å². The van der Waals surface area contributed by atoms with Crippen LogP contribution in [-0.4, -0.2) is 26.9 Å². The van der Waals surface area contributed by atoms with Gasteiger partial charge in [-0.2, -0.15) is 0 Å². The van der Waals surface area contributed by atoms with E-state index >= 15 is 0 Å². The van der Waals surface area contributed by atoms with Crippen LogP contribution in [0.25, 0.3) is 0 Å². The Kier molecular flexibility index (Phi) is 4.49. The highest BCUT2D eigenvalue weighted by Gasteiger charge is 2.20. The summed E-state index contributed by atoms with van der Waals surface area (Å²) >= 11 is 2.21. The first-order chi connectivity index (χ1) is 10.2. The molecule has 1 fully saturated rings. The van der Waals surface area contributed by atoms with Gasteiger partial charge in [-0.1, -0.05) is 11.3 Å². The Morgan fingerprint density at radius 3 is 3.05 bits per heavy atom. The summed E-state index contributed by atoms with van der Waals surface area (Å²) in [5.41, 5.74) is 1.66. The number of anilines is 1. The lowest BCUT2D eigenvalue weighted by Gasteiger charge is -2.05. The molecule has 1 aliphatic carbocycles. The zero-order chi connectivity index (χ0) is 14.7. The molecule has 0 spiro atoms. The molecule has 0 atom stereocenters. The third kappa shape index (κ3) is 4.50. The fraction of sp³-hybridized carbons (Fsp3) is 0.357. The highest BCUT2D eigenvalue weighted by Crippen LogP contribution is 2.18. The Balaban J connectivity index is 1.51. The molecule has 7 heteroatoms. The zero-order valence-corrected chi connectivity index (χ0v) is 13.6. The van der Waals surface area contributed by atoms with Crippen molar-refractivity contribution in [3.8, 4) is 0 Å². The number of hydrogen-bond donors (Lipinski definition) is 2. The van der Waals surface area contributed by atoms with Crippen molar-refractivity contribution in [2.75, 3.05) is 5.32 Å². The van der Waals surface area contributed by atoms with Gasteiger partial charge in [0, 0.05) is 21.8 Å². The maximum absolute atomic E-state index is 12.0. The Hall–Kier alpha value is -1.48. The third-order valence-corrected chi connectivity index (χ3v) is 3.82. The summed E-state index contributed by atoms with van der Waals surface area (Å²) in [6.07, 6.45) is 4.29. The maximum atomic E-state index is 12.0. The lowest BCUT2D eigenvalue weighted by atomic mass is 10.3. The second-order valence-corrected chi connectivity index (χ2v) is 6.37. The molecular formula is C14H16IN5O. The molecule has 1 saturated carbocycles. The molecule has 110 valence electrons. The number of benzene rings is 1. The number of amides is 1. The number of carbonyl (C=O) groups excluding carboxylic acids is 1. The summed E-state index contributed by atoms with van der Waals surface area (Å²) in [7, 11) is 0. The summed E-state index contributed by atoms with van der Waals surface area (Å²) in [6.45, 7) is 0.880. The highest BCUT2D eigenvalue weighted by atomic mass is 127. The molecule has 0 aliphatic heterocycles. The van der Waals surface area contributed by atoms with Gasteiger partial charge >= 0.3 is 0 Å². The molecule has 1 heterocycles. The predicted molar refractivity (Wildman–Crippen MR) is 87.7 cm³/mol. The molecule has 21 heavy (non-hydrogen) atoms.